The Hall–Kier alpha value is -3.16. The number of hydrogen-bond donors (Lipinski definition) is 2. The van der Waals surface area contributed by atoms with Crippen molar-refractivity contribution in [2.45, 2.75) is 31.5 Å². The predicted molar refractivity (Wildman–Crippen MR) is 108 cm³/mol. The first-order chi connectivity index (χ1) is 15.1. The maximum atomic E-state index is 14.0. The van der Waals surface area contributed by atoms with Crippen molar-refractivity contribution >= 4 is 17.3 Å². The Labute approximate surface area is 182 Å². The molecule has 6 nitrogen and oxygen atoms in total. The number of alkyl halides is 3. The Balaban J connectivity index is 2.59. The zero-order valence-corrected chi connectivity index (χ0v) is 17.4. The molecule has 0 saturated heterocycles. The monoisotopic (exact) mass is 454 g/mol. The van der Waals surface area contributed by atoms with Crippen LogP contribution < -0.4 is 5.32 Å². The summed E-state index contributed by atoms with van der Waals surface area (Å²) in [6.45, 7) is 1.25. The first kappa shape index (κ1) is 25.1. The van der Waals surface area contributed by atoms with Crippen LogP contribution in [-0.2, 0) is 14.3 Å². The highest BCUT2D eigenvalue weighted by atomic mass is 19.4. The fourth-order valence-corrected chi connectivity index (χ4v) is 3.22. The van der Waals surface area contributed by atoms with E-state index in [2.05, 4.69) is 5.32 Å². The van der Waals surface area contributed by atoms with Gasteiger partial charge in [-0.1, -0.05) is 12.1 Å². The minimum Gasteiger partial charge on any atom is -0.481 e. The van der Waals surface area contributed by atoms with Gasteiger partial charge in [-0.25, -0.2) is 4.39 Å². The van der Waals surface area contributed by atoms with Crippen molar-refractivity contribution in [2.24, 2.45) is 0 Å². The molecule has 2 aromatic rings. The maximum Gasteiger partial charge on any atom is 0.418 e. The average molecular weight is 454 g/mol. The smallest absolute Gasteiger partial charge is 0.418 e. The Bertz CT molecular complexity index is 989. The summed E-state index contributed by atoms with van der Waals surface area (Å²) < 4.78 is 65.1. The fraction of sp³-hybridized carbons (Fsp3) is 0.364. The van der Waals surface area contributed by atoms with Gasteiger partial charge < -0.3 is 19.9 Å². The van der Waals surface area contributed by atoms with Crippen LogP contribution in [0.4, 0.5) is 28.9 Å². The van der Waals surface area contributed by atoms with Crippen molar-refractivity contribution in [3.8, 4) is 6.07 Å². The van der Waals surface area contributed by atoms with E-state index in [1.54, 1.807) is 6.07 Å². The number of hydrogen-bond acceptors (Lipinski definition) is 5. The molecule has 2 rings (SSSR count). The second-order valence-corrected chi connectivity index (χ2v) is 6.91. The maximum absolute atomic E-state index is 14.0. The molecule has 32 heavy (non-hydrogen) atoms. The highest BCUT2D eigenvalue weighted by Gasteiger charge is 2.43. The van der Waals surface area contributed by atoms with Crippen LogP contribution >= 0.6 is 0 Å². The number of nitriles is 1. The molecule has 0 saturated carbocycles. The van der Waals surface area contributed by atoms with Gasteiger partial charge in [-0.3, -0.25) is 4.79 Å². The van der Waals surface area contributed by atoms with E-state index >= 15 is 0 Å². The van der Waals surface area contributed by atoms with E-state index in [1.807, 2.05) is 0 Å². The molecule has 172 valence electrons. The molecular weight excluding hydrogens is 432 g/mol. The Morgan fingerprint density at radius 2 is 1.97 bits per heavy atom. The van der Waals surface area contributed by atoms with Gasteiger partial charge in [-0.2, -0.15) is 18.4 Å². The second kappa shape index (κ2) is 10.9. The van der Waals surface area contributed by atoms with Crippen molar-refractivity contribution in [3.63, 3.8) is 0 Å². The largest absolute Gasteiger partial charge is 0.481 e. The molecule has 10 heteroatoms. The third-order valence-corrected chi connectivity index (χ3v) is 4.62. The van der Waals surface area contributed by atoms with Crippen LogP contribution in [0.3, 0.4) is 0 Å². The van der Waals surface area contributed by atoms with Gasteiger partial charge in [0.05, 0.1) is 18.6 Å². The van der Waals surface area contributed by atoms with Gasteiger partial charge in [0.1, 0.15) is 11.9 Å². The highest BCUT2D eigenvalue weighted by molar-refractivity contribution is 5.69. The summed E-state index contributed by atoms with van der Waals surface area (Å²) in [6.07, 6.45) is -7.28. The molecular formula is C22H22F4N2O4. The number of benzene rings is 2. The lowest BCUT2D eigenvalue weighted by Crippen LogP contribution is -2.24. The summed E-state index contributed by atoms with van der Waals surface area (Å²) in [5.74, 6) is -2.56. The van der Waals surface area contributed by atoms with E-state index in [0.29, 0.717) is 5.56 Å². The molecule has 0 aliphatic carbocycles. The summed E-state index contributed by atoms with van der Waals surface area (Å²) in [5, 5.41) is 20.8. The molecule has 0 heterocycles. The first-order valence-corrected chi connectivity index (χ1v) is 9.60. The number of methoxy groups -OCH3 is 1. The summed E-state index contributed by atoms with van der Waals surface area (Å²) in [7, 11) is 1.39. The van der Waals surface area contributed by atoms with Crippen LogP contribution in [0.2, 0.25) is 0 Å². The van der Waals surface area contributed by atoms with Crippen LogP contribution in [0.15, 0.2) is 36.4 Å². The minimum atomic E-state index is -4.73. The van der Waals surface area contributed by atoms with Gasteiger partial charge in [0.15, 0.2) is 6.10 Å². The van der Waals surface area contributed by atoms with Gasteiger partial charge in [0, 0.05) is 36.6 Å². The number of rotatable bonds is 10. The van der Waals surface area contributed by atoms with E-state index in [1.165, 1.54) is 44.4 Å². The number of carboxylic acids is 1. The van der Waals surface area contributed by atoms with Gasteiger partial charge in [-0.15, -0.1) is 0 Å². The van der Waals surface area contributed by atoms with Gasteiger partial charge in [0.25, 0.3) is 0 Å². The number of nitrogens with zero attached hydrogens (tertiary/aromatic N) is 1. The number of anilines is 2. The van der Waals surface area contributed by atoms with Crippen LogP contribution in [0.1, 0.15) is 42.1 Å². The molecule has 1 unspecified atom stereocenters. The third-order valence-electron chi connectivity index (χ3n) is 4.62. The summed E-state index contributed by atoms with van der Waals surface area (Å²) in [6, 6.07) is 9.17. The van der Waals surface area contributed by atoms with Crippen molar-refractivity contribution in [3.05, 3.63) is 58.9 Å². The van der Waals surface area contributed by atoms with Gasteiger partial charge in [-0.05, 0) is 36.8 Å². The number of aliphatic carboxylic acids is 1. The zero-order chi connectivity index (χ0) is 23.9. The molecule has 0 bridgehead atoms. The van der Waals surface area contributed by atoms with Gasteiger partial charge in [0.2, 0.25) is 0 Å². The van der Waals surface area contributed by atoms with Gasteiger partial charge >= 0.3 is 12.1 Å². The van der Waals surface area contributed by atoms with E-state index in [9.17, 15) is 22.4 Å². The van der Waals surface area contributed by atoms with Crippen LogP contribution in [0.5, 0.6) is 0 Å². The number of nitrogens with one attached hydrogen (secondary N) is 1. The fourth-order valence-electron chi connectivity index (χ4n) is 3.22. The standard InChI is InChI=1S/C22H22F4N2O4/c1-3-32-21(22(24,25)26)17-7-5-13(15(12-31-2)9-20(29)30)8-19(17)28-16-6-4-14(11-27)18(23)10-16/h4-8,10,15,21,28H,3,9,12H2,1-2H3,(H,29,30)/t15?,21-/m0/s1. The predicted octanol–water partition coefficient (Wildman–Crippen LogP) is 5.29. The molecule has 2 atom stereocenters. The number of carboxylic acid groups (broad SMARTS) is 1. The lowest BCUT2D eigenvalue weighted by molar-refractivity contribution is -0.222. The van der Waals surface area contributed by atoms with Crippen molar-refractivity contribution in [1.82, 2.24) is 0 Å². The third kappa shape index (κ3) is 6.42. The van der Waals surface area contributed by atoms with Crippen LogP contribution in [0.25, 0.3) is 0 Å². The van der Waals surface area contributed by atoms with Crippen molar-refractivity contribution in [2.75, 3.05) is 25.6 Å². The molecule has 0 spiro atoms. The molecule has 0 radical (unpaired) electrons. The highest BCUT2D eigenvalue weighted by Crippen LogP contribution is 2.41. The Morgan fingerprint density at radius 3 is 2.50 bits per heavy atom. The molecule has 0 amide bonds. The Kier molecular flexibility index (Phi) is 8.57. The number of halogens is 4. The van der Waals surface area contributed by atoms with Crippen LogP contribution in [0, 0.1) is 17.1 Å². The zero-order valence-electron chi connectivity index (χ0n) is 17.4. The first-order valence-electron chi connectivity index (χ1n) is 9.60. The molecule has 0 aliphatic heterocycles. The van der Waals surface area contributed by atoms with Crippen molar-refractivity contribution in [1.29, 1.82) is 5.26 Å². The minimum absolute atomic E-state index is 0.0325. The lowest BCUT2D eigenvalue weighted by Gasteiger charge is -2.25. The molecule has 0 aliphatic rings. The summed E-state index contributed by atoms with van der Waals surface area (Å²) in [4.78, 5) is 11.2. The van der Waals surface area contributed by atoms with Crippen LogP contribution in [-0.4, -0.2) is 37.6 Å². The molecule has 2 N–H and O–H groups in total. The topological polar surface area (TPSA) is 91.6 Å². The molecule has 0 aromatic heterocycles. The summed E-state index contributed by atoms with van der Waals surface area (Å²) >= 11 is 0. The Morgan fingerprint density at radius 1 is 1.25 bits per heavy atom. The number of carbonyl (C=O) groups is 1. The van der Waals surface area contributed by atoms with Crippen molar-refractivity contribution < 1.29 is 36.9 Å². The van der Waals surface area contributed by atoms with E-state index in [0.717, 1.165) is 6.07 Å². The molecule has 0 fully saturated rings. The van der Waals surface area contributed by atoms with E-state index < -0.39 is 30.0 Å². The van der Waals surface area contributed by atoms with E-state index in [-0.39, 0.29) is 42.1 Å². The average Bonchev–Trinajstić information content (AvgIpc) is 2.71. The lowest BCUT2D eigenvalue weighted by atomic mass is 9.93. The number of ether oxygens (including phenoxy) is 2. The quantitative estimate of drug-likeness (QED) is 0.475. The SMILES string of the molecule is CCO[C@@H](c1ccc(C(COC)CC(=O)O)cc1Nc1ccc(C#N)c(F)c1)C(F)(F)F. The van der Waals surface area contributed by atoms with E-state index in [4.69, 9.17) is 19.8 Å². The summed E-state index contributed by atoms with van der Waals surface area (Å²) in [5.41, 5.74) is 0.0350. The normalized spacial score (nSPS) is 13.3. The second-order valence-electron chi connectivity index (χ2n) is 6.91. The molecule has 2 aromatic carbocycles.